The smallest absolute Gasteiger partial charge is 0.207 e. The molecular formula is C14H20Cl3NO2S. The largest absolute Gasteiger partial charge is 0.245 e. The Labute approximate surface area is 142 Å². The molecule has 1 rings (SSSR count). The van der Waals surface area contributed by atoms with Crippen LogP contribution in [0.4, 0.5) is 0 Å². The Morgan fingerprint density at radius 3 is 1.81 bits per heavy atom. The van der Waals surface area contributed by atoms with E-state index in [1.807, 2.05) is 27.7 Å². The summed E-state index contributed by atoms with van der Waals surface area (Å²) >= 11 is 17.9. The number of hydrogen-bond donors (Lipinski definition) is 0. The zero-order chi connectivity index (χ0) is 16.4. The van der Waals surface area contributed by atoms with Gasteiger partial charge in [0, 0.05) is 12.1 Å². The van der Waals surface area contributed by atoms with Gasteiger partial charge in [-0.3, -0.25) is 0 Å². The van der Waals surface area contributed by atoms with Gasteiger partial charge >= 0.3 is 0 Å². The summed E-state index contributed by atoms with van der Waals surface area (Å²) in [5.74, 6) is 0. The summed E-state index contributed by atoms with van der Waals surface area (Å²) in [6.07, 6.45) is 1.42. The molecule has 120 valence electrons. The van der Waals surface area contributed by atoms with Crippen LogP contribution in [-0.2, 0) is 10.0 Å². The second kappa shape index (κ2) is 7.51. The van der Waals surface area contributed by atoms with Crippen LogP contribution in [0.5, 0.6) is 0 Å². The molecule has 1 aromatic carbocycles. The molecule has 0 saturated carbocycles. The maximum absolute atomic E-state index is 13.0. The van der Waals surface area contributed by atoms with E-state index in [2.05, 4.69) is 0 Å². The molecule has 0 aliphatic rings. The molecule has 2 atom stereocenters. The summed E-state index contributed by atoms with van der Waals surface area (Å²) in [4.78, 5) is -0.000772. The highest BCUT2D eigenvalue weighted by atomic mass is 35.5. The van der Waals surface area contributed by atoms with Crippen molar-refractivity contribution in [3.63, 3.8) is 0 Å². The van der Waals surface area contributed by atoms with E-state index in [1.165, 1.54) is 16.4 Å². The Kier molecular flexibility index (Phi) is 6.81. The number of rotatable bonds is 6. The molecule has 2 unspecified atom stereocenters. The van der Waals surface area contributed by atoms with Crippen molar-refractivity contribution in [3.05, 3.63) is 27.2 Å². The molecule has 0 N–H and O–H groups in total. The number of benzene rings is 1. The minimum absolute atomic E-state index is 0.000772. The Bertz CT molecular complexity index is 594. The van der Waals surface area contributed by atoms with Gasteiger partial charge < -0.3 is 0 Å². The summed E-state index contributed by atoms with van der Waals surface area (Å²) in [6.45, 7) is 7.67. The lowest BCUT2D eigenvalue weighted by molar-refractivity contribution is 0.263. The fraction of sp³-hybridized carbons (Fsp3) is 0.571. The van der Waals surface area contributed by atoms with E-state index in [-0.39, 0.29) is 32.0 Å². The predicted molar refractivity (Wildman–Crippen MR) is 90.0 cm³/mol. The Balaban J connectivity index is 3.46. The van der Waals surface area contributed by atoms with Crippen LogP contribution in [0, 0.1) is 0 Å². The van der Waals surface area contributed by atoms with E-state index < -0.39 is 10.0 Å². The molecule has 0 saturated heterocycles. The highest BCUT2D eigenvalue weighted by Gasteiger charge is 2.33. The molecular weight excluding hydrogens is 353 g/mol. The molecule has 0 radical (unpaired) electrons. The van der Waals surface area contributed by atoms with Gasteiger partial charge in [-0.1, -0.05) is 48.7 Å². The normalized spacial score (nSPS) is 15.2. The van der Waals surface area contributed by atoms with Gasteiger partial charge in [-0.15, -0.1) is 0 Å². The summed E-state index contributed by atoms with van der Waals surface area (Å²) in [5.41, 5.74) is 0. The van der Waals surface area contributed by atoms with Crippen LogP contribution in [0.25, 0.3) is 0 Å². The first-order valence-corrected chi connectivity index (χ1v) is 9.42. The lowest BCUT2D eigenvalue weighted by atomic mass is 10.2. The third-order valence-electron chi connectivity index (χ3n) is 3.58. The van der Waals surface area contributed by atoms with Crippen molar-refractivity contribution in [2.75, 3.05) is 0 Å². The number of nitrogens with zero attached hydrogens (tertiary/aromatic N) is 1. The van der Waals surface area contributed by atoms with Gasteiger partial charge in [0.05, 0.1) is 15.1 Å². The van der Waals surface area contributed by atoms with Crippen LogP contribution < -0.4 is 0 Å². The average molecular weight is 373 g/mol. The summed E-state index contributed by atoms with van der Waals surface area (Å²) in [5, 5.41) is 0.494. The van der Waals surface area contributed by atoms with Gasteiger partial charge in [-0.25, -0.2) is 8.42 Å². The van der Waals surface area contributed by atoms with Crippen molar-refractivity contribution < 1.29 is 8.42 Å². The van der Waals surface area contributed by atoms with Crippen molar-refractivity contribution in [2.24, 2.45) is 0 Å². The van der Waals surface area contributed by atoms with E-state index in [4.69, 9.17) is 34.8 Å². The second-order valence-corrected chi connectivity index (χ2v) is 8.08. The monoisotopic (exact) mass is 371 g/mol. The second-order valence-electron chi connectivity index (χ2n) is 5.05. The lowest BCUT2D eigenvalue weighted by Gasteiger charge is -2.33. The van der Waals surface area contributed by atoms with Gasteiger partial charge in [0.15, 0.2) is 0 Å². The van der Waals surface area contributed by atoms with Crippen molar-refractivity contribution in [1.82, 2.24) is 4.31 Å². The highest BCUT2D eigenvalue weighted by Crippen LogP contribution is 2.34. The Hall–Kier alpha value is -0.000000000000000111. The fourth-order valence-electron chi connectivity index (χ4n) is 2.08. The SMILES string of the molecule is CCC(C)N(C(C)CC)S(=O)(=O)c1cc(Cl)c(Cl)cc1Cl. The van der Waals surface area contributed by atoms with E-state index in [9.17, 15) is 8.42 Å². The molecule has 0 spiro atoms. The Morgan fingerprint density at radius 2 is 1.38 bits per heavy atom. The zero-order valence-electron chi connectivity index (χ0n) is 12.5. The van der Waals surface area contributed by atoms with E-state index in [1.54, 1.807) is 0 Å². The third-order valence-corrected chi connectivity index (χ3v) is 6.90. The molecule has 3 nitrogen and oxygen atoms in total. The van der Waals surface area contributed by atoms with Gasteiger partial charge in [0.25, 0.3) is 0 Å². The van der Waals surface area contributed by atoms with E-state index in [0.29, 0.717) is 12.8 Å². The zero-order valence-corrected chi connectivity index (χ0v) is 15.6. The molecule has 7 heteroatoms. The third kappa shape index (κ3) is 4.05. The molecule has 0 aliphatic carbocycles. The van der Waals surface area contributed by atoms with Crippen LogP contribution >= 0.6 is 34.8 Å². The van der Waals surface area contributed by atoms with Crippen LogP contribution in [0.1, 0.15) is 40.5 Å². The van der Waals surface area contributed by atoms with Gasteiger partial charge in [-0.05, 0) is 38.8 Å². The molecule has 21 heavy (non-hydrogen) atoms. The first-order chi connectivity index (χ1) is 9.66. The van der Waals surface area contributed by atoms with Crippen molar-refractivity contribution in [1.29, 1.82) is 0 Å². The van der Waals surface area contributed by atoms with E-state index >= 15 is 0 Å². The van der Waals surface area contributed by atoms with Gasteiger partial charge in [0.1, 0.15) is 4.90 Å². The fourth-order valence-corrected chi connectivity index (χ4v) is 5.03. The maximum Gasteiger partial charge on any atom is 0.245 e. The molecule has 0 bridgehead atoms. The molecule has 0 aromatic heterocycles. The quantitative estimate of drug-likeness (QED) is 0.641. The predicted octanol–water partition coefficient (Wildman–Crippen LogP) is 5.23. The molecule has 0 heterocycles. The van der Waals surface area contributed by atoms with E-state index in [0.717, 1.165) is 0 Å². The maximum atomic E-state index is 13.0. The number of halogens is 3. The highest BCUT2D eigenvalue weighted by molar-refractivity contribution is 7.89. The van der Waals surface area contributed by atoms with Gasteiger partial charge in [0.2, 0.25) is 10.0 Å². The van der Waals surface area contributed by atoms with Crippen LogP contribution in [0.15, 0.2) is 17.0 Å². The standard InChI is InChI=1S/C14H20Cl3NO2S/c1-5-9(3)18(10(4)6-2)21(19,20)14-8-12(16)11(15)7-13(14)17/h7-10H,5-6H2,1-4H3. The number of sulfonamides is 1. The minimum Gasteiger partial charge on any atom is -0.207 e. The van der Waals surface area contributed by atoms with Crippen LogP contribution in [-0.4, -0.2) is 24.8 Å². The van der Waals surface area contributed by atoms with Crippen LogP contribution in [0.2, 0.25) is 15.1 Å². The molecule has 1 aromatic rings. The van der Waals surface area contributed by atoms with Crippen molar-refractivity contribution in [2.45, 2.75) is 57.5 Å². The summed E-state index contributed by atoms with van der Waals surface area (Å²) < 4.78 is 27.4. The number of hydrogen-bond acceptors (Lipinski definition) is 2. The molecule has 0 amide bonds. The van der Waals surface area contributed by atoms with Gasteiger partial charge in [-0.2, -0.15) is 4.31 Å². The lowest BCUT2D eigenvalue weighted by Crippen LogP contribution is -2.44. The first kappa shape index (κ1) is 19.0. The summed E-state index contributed by atoms with van der Waals surface area (Å²) in [6, 6.07) is 2.43. The molecule has 0 fully saturated rings. The van der Waals surface area contributed by atoms with Crippen LogP contribution in [0.3, 0.4) is 0 Å². The molecule has 0 aliphatic heterocycles. The topological polar surface area (TPSA) is 37.4 Å². The summed E-state index contributed by atoms with van der Waals surface area (Å²) in [7, 11) is -3.74. The van der Waals surface area contributed by atoms with Crippen molar-refractivity contribution in [3.8, 4) is 0 Å². The Morgan fingerprint density at radius 1 is 0.952 bits per heavy atom. The minimum atomic E-state index is -3.74. The van der Waals surface area contributed by atoms with Crippen molar-refractivity contribution >= 4 is 44.8 Å². The first-order valence-electron chi connectivity index (χ1n) is 6.84. The average Bonchev–Trinajstić information content (AvgIpc) is 2.41.